The molecule has 1 unspecified atom stereocenters. The number of halogens is 1. The summed E-state index contributed by atoms with van der Waals surface area (Å²) in [4.78, 5) is 42.2. The van der Waals surface area contributed by atoms with Gasteiger partial charge >= 0.3 is 6.03 Å². The maximum absolute atomic E-state index is 13.4. The molecule has 0 bridgehead atoms. The van der Waals surface area contributed by atoms with Crippen LogP contribution in [0.25, 0.3) is 0 Å². The number of amides is 4. The van der Waals surface area contributed by atoms with Crippen LogP contribution in [0.1, 0.15) is 44.1 Å². The summed E-state index contributed by atoms with van der Waals surface area (Å²) in [6.07, 6.45) is 4.58. The fraction of sp³-hybridized carbons (Fsp3) is 0.375. The average molecular weight is 423 g/mol. The zero-order valence-corrected chi connectivity index (χ0v) is 17.5. The molecule has 0 aromatic heterocycles. The van der Waals surface area contributed by atoms with Crippen LogP contribution in [-0.4, -0.2) is 34.8 Å². The highest BCUT2D eigenvalue weighted by Crippen LogP contribution is 2.33. The summed E-state index contributed by atoms with van der Waals surface area (Å²) in [6, 6.07) is 11.5. The van der Waals surface area contributed by atoms with Crippen LogP contribution in [0, 0.1) is 12.7 Å². The van der Waals surface area contributed by atoms with Crippen LogP contribution in [0.5, 0.6) is 0 Å². The van der Waals surface area contributed by atoms with Crippen LogP contribution in [0.2, 0.25) is 0 Å². The molecule has 162 valence electrons. The molecule has 1 N–H and O–H groups in total. The average Bonchev–Trinajstić information content (AvgIpc) is 2.98. The van der Waals surface area contributed by atoms with Gasteiger partial charge in [-0.2, -0.15) is 0 Å². The molecule has 7 heteroatoms. The first kappa shape index (κ1) is 21.0. The molecule has 1 heterocycles. The van der Waals surface area contributed by atoms with Crippen molar-refractivity contribution in [3.8, 4) is 0 Å². The Labute approximate surface area is 181 Å². The minimum Gasteiger partial charge on any atom is -0.326 e. The van der Waals surface area contributed by atoms with Crippen LogP contribution in [0.3, 0.4) is 0 Å². The Morgan fingerprint density at radius 3 is 2.52 bits per heavy atom. The number of carbonyl (C=O) groups excluding carboxylic acids is 3. The van der Waals surface area contributed by atoms with Gasteiger partial charge in [-0.1, -0.05) is 37.5 Å². The van der Waals surface area contributed by atoms with E-state index in [0.29, 0.717) is 11.4 Å². The Morgan fingerprint density at radius 1 is 1.06 bits per heavy atom. The van der Waals surface area contributed by atoms with E-state index >= 15 is 0 Å². The molecular weight excluding hydrogens is 397 g/mol. The largest absolute Gasteiger partial charge is 0.332 e. The first-order chi connectivity index (χ1) is 14.9. The van der Waals surface area contributed by atoms with E-state index in [9.17, 15) is 18.8 Å². The highest BCUT2D eigenvalue weighted by Gasteiger charge is 2.49. The molecule has 6 nitrogen and oxygen atoms in total. The van der Waals surface area contributed by atoms with Gasteiger partial charge in [0, 0.05) is 11.7 Å². The number of nitrogens with zero attached hydrogens (tertiary/aromatic N) is 2. The van der Waals surface area contributed by atoms with Crippen molar-refractivity contribution in [2.75, 3.05) is 10.2 Å². The van der Waals surface area contributed by atoms with Crippen LogP contribution in [0.4, 0.5) is 20.6 Å². The first-order valence-electron chi connectivity index (χ1n) is 10.7. The van der Waals surface area contributed by atoms with Crippen LogP contribution in [0.15, 0.2) is 48.5 Å². The monoisotopic (exact) mass is 423 g/mol. The molecule has 1 saturated carbocycles. The number of benzene rings is 2. The number of nitrogens with one attached hydrogen (secondary N) is 1. The summed E-state index contributed by atoms with van der Waals surface area (Å²) in [5, 5.41) is 2.64. The molecular formula is C24H26FN3O3. The van der Waals surface area contributed by atoms with Gasteiger partial charge < -0.3 is 10.2 Å². The summed E-state index contributed by atoms with van der Waals surface area (Å²) in [6.45, 7) is 1.90. The van der Waals surface area contributed by atoms with Crippen LogP contribution in [-0.2, 0) is 9.59 Å². The number of imide groups is 1. The van der Waals surface area contributed by atoms with E-state index in [4.69, 9.17) is 0 Å². The van der Waals surface area contributed by atoms with Gasteiger partial charge in [-0.25, -0.2) is 14.1 Å². The lowest BCUT2D eigenvalue weighted by Gasteiger charge is -2.33. The van der Waals surface area contributed by atoms with Gasteiger partial charge in [0.25, 0.3) is 5.91 Å². The quantitative estimate of drug-likeness (QED) is 0.713. The number of hydrogen-bond donors (Lipinski definition) is 1. The highest BCUT2D eigenvalue weighted by atomic mass is 19.1. The van der Waals surface area contributed by atoms with E-state index in [2.05, 4.69) is 5.32 Å². The zero-order chi connectivity index (χ0) is 22.0. The highest BCUT2D eigenvalue weighted by molar-refractivity contribution is 6.22. The fourth-order valence-electron chi connectivity index (χ4n) is 4.53. The first-order valence-corrected chi connectivity index (χ1v) is 10.7. The molecule has 1 aliphatic carbocycles. The lowest BCUT2D eigenvalue weighted by atomic mass is 9.93. The summed E-state index contributed by atoms with van der Waals surface area (Å²) in [5.74, 6) is -1.28. The maximum atomic E-state index is 13.4. The van der Waals surface area contributed by atoms with Gasteiger partial charge in [0.15, 0.2) is 0 Å². The Bertz CT molecular complexity index is 1000. The van der Waals surface area contributed by atoms with Gasteiger partial charge in [-0.05, 0) is 55.7 Å². The number of carbonyl (C=O) groups is 3. The number of anilines is 2. The topological polar surface area (TPSA) is 69.7 Å². The number of urea groups is 1. The van der Waals surface area contributed by atoms with E-state index < -0.39 is 23.7 Å². The third kappa shape index (κ3) is 4.45. The second-order valence-electron chi connectivity index (χ2n) is 8.27. The second kappa shape index (κ2) is 8.88. The molecule has 1 saturated heterocycles. The van der Waals surface area contributed by atoms with Gasteiger partial charge in [-0.15, -0.1) is 0 Å². The van der Waals surface area contributed by atoms with E-state index in [1.807, 2.05) is 13.0 Å². The Kier molecular flexibility index (Phi) is 6.02. The molecule has 4 amide bonds. The SMILES string of the molecule is Cc1cccc(N2C(=O)C(CC(=O)Nc3cccc(F)c3)N(C3CCCCC3)C2=O)c1. The van der Waals surface area contributed by atoms with Gasteiger partial charge in [0.2, 0.25) is 5.91 Å². The van der Waals surface area contributed by atoms with Crippen molar-refractivity contribution in [1.29, 1.82) is 0 Å². The summed E-state index contributed by atoms with van der Waals surface area (Å²) in [5.41, 5.74) is 1.78. The number of aryl methyl sites for hydroxylation is 1. The number of hydrogen-bond acceptors (Lipinski definition) is 3. The third-order valence-electron chi connectivity index (χ3n) is 5.97. The zero-order valence-electron chi connectivity index (χ0n) is 17.5. The van der Waals surface area contributed by atoms with Crippen molar-refractivity contribution >= 4 is 29.2 Å². The number of rotatable bonds is 5. The van der Waals surface area contributed by atoms with Crippen LogP contribution >= 0.6 is 0 Å². The molecule has 2 aliphatic rings. The van der Waals surface area contributed by atoms with Gasteiger partial charge in [-0.3, -0.25) is 9.59 Å². The lowest BCUT2D eigenvalue weighted by molar-refractivity contribution is -0.125. The van der Waals surface area contributed by atoms with E-state index in [0.717, 1.165) is 37.7 Å². The lowest BCUT2D eigenvalue weighted by Crippen LogP contribution is -2.45. The standard InChI is InChI=1S/C24H26FN3O3/c1-16-7-5-12-20(13-16)28-23(30)21(27(24(28)31)19-10-3-2-4-11-19)15-22(29)26-18-9-6-8-17(25)14-18/h5-9,12-14,19,21H,2-4,10-11,15H2,1H3,(H,26,29). The maximum Gasteiger partial charge on any atom is 0.332 e. The summed E-state index contributed by atoms with van der Waals surface area (Å²) >= 11 is 0. The molecule has 2 aromatic carbocycles. The van der Waals surface area contributed by atoms with Crippen molar-refractivity contribution in [2.24, 2.45) is 0 Å². The van der Waals surface area contributed by atoms with Crippen molar-refractivity contribution in [1.82, 2.24) is 4.90 Å². The second-order valence-corrected chi connectivity index (χ2v) is 8.27. The molecule has 2 aromatic rings. The molecule has 1 atom stereocenters. The normalized spacial score (nSPS) is 19.7. The van der Waals surface area contributed by atoms with E-state index in [-0.39, 0.29) is 18.5 Å². The summed E-state index contributed by atoms with van der Waals surface area (Å²) < 4.78 is 13.4. The van der Waals surface area contributed by atoms with E-state index in [1.165, 1.54) is 23.1 Å². The molecule has 31 heavy (non-hydrogen) atoms. The van der Waals surface area contributed by atoms with Crippen molar-refractivity contribution in [3.63, 3.8) is 0 Å². The van der Waals surface area contributed by atoms with Gasteiger partial charge in [0.1, 0.15) is 11.9 Å². The van der Waals surface area contributed by atoms with Crippen molar-refractivity contribution in [2.45, 2.75) is 57.5 Å². The Balaban J connectivity index is 1.60. The third-order valence-corrected chi connectivity index (χ3v) is 5.97. The minimum absolute atomic E-state index is 0.0630. The molecule has 2 fully saturated rings. The van der Waals surface area contributed by atoms with E-state index in [1.54, 1.807) is 29.2 Å². The minimum atomic E-state index is -0.871. The van der Waals surface area contributed by atoms with Gasteiger partial charge in [0.05, 0.1) is 12.1 Å². The smallest absolute Gasteiger partial charge is 0.326 e. The van der Waals surface area contributed by atoms with Crippen molar-refractivity contribution < 1.29 is 18.8 Å². The molecule has 1 aliphatic heterocycles. The Morgan fingerprint density at radius 2 is 1.81 bits per heavy atom. The summed E-state index contributed by atoms with van der Waals surface area (Å²) in [7, 11) is 0. The predicted molar refractivity (Wildman–Crippen MR) is 116 cm³/mol. The molecule has 0 radical (unpaired) electrons. The predicted octanol–water partition coefficient (Wildman–Crippen LogP) is 4.63. The van der Waals surface area contributed by atoms with Crippen molar-refractivity contribution in [3.05, 3.63) is 59.9 Å². The van der Waals surface area contributed by atoms with Crippen LogP contribution < -0.4 is 10.2 Å². The fourth-order valence-corrected chi connectivity index (χ4v) is 4.53. The molecule has 4 rings (SSSR count). The molecule has 0 spiro atoms. The Hall–Kier alpha value is -3.22.